The molecule has 3 rings (SSSR count). The summed E-state index contributed by atoms with van der Waals surface area (Å²) in [7, 11) is 5.15. The monoisotopic (exact) mass is 404 g/mol. The third kappa shape index (κ3) is 4.45. The third-order valence-electron chi connectivity index (χ3n) is 5.19. The Morgan fingerprint density at radius 3 is 2.48 bits per heavy atom. The quantitative estimate of drug-likeness (QED) is 0.569. The molecule has 2 atom stereocenters. The van der Waals surface area contributed by atoms with E-state index in [0.717, 1.165) is 26.2 Å². The van der Waals surface area contributed by atoms with Gasteiger partial charge in [-0.15, -0.1) is 0 Å². The van der Waals surface area contributed by atoms with Gasteiger partial charge in [0, 0.05) is 26.2 Å². The summed E-state index contributed by atoms with van der Waals surface area (Å²) in [5.41, 5.74) is 0.683. The van der Waals surface area contributed by atoms with E-state index >= 15 is 0 Å². The van der Waals surface area contributed by atoms with Crippen molar-refractivity contribution in [2.45, 2.75) is 13.0 Å². The van der Waals surface area contributed by atoms with Crippen LogP contribution in [-0.2, 0) is 14.3 Å². The van der Waals surface area contributed by atoms with Crippen molar-refractivity contribution in [3.63, 3.8) is 0 Å². The molecule has 2 aliphatic heterocycles. The third-order valence-corrected chi connectivity index (χ3v) is 5.19. The molecule has 0 aromatic heterocycles. The first-order chi connectivity index (χ1) is 14.0. The molecule has 0 saturated carbocycles. The van der Waals surface area contributed by atoms with Gasteiger partial charge in [0.05, 0.1) is 20.8 Å². The Kier molecular flexibility index (Phi) is 6.58. The van der Waals surface area contributed by atoms with Gasteiger partial charge in [-0.3, -0.25) is 14.9 Å². The Balaban J connectivity index is 1.99. The predicted octanol–water partition coefficient (Wildman–Crippen LogP) is 0.657. The van der Waals surface area contributed by atoms with Crippen molar-refractivity contribution in [1.29, 1.82) is 0 Å². The van der Waals surface area contributed by atoms with Gasteiger partial charge in [-0.25, -0.2) is 4.99 Å². The first kappa shape index (κ1) is 20.9. The highest BCUT2D eigenvalue weighted by Gasteiger charge is 2.42. The number of methoxy groups -OCH3 is 2. The number of nitrogens with one attached hydrogen (secondary N) is 1. The van der Waals surface area contributed by atoms with Crippen LogP contribution in [0.3, 0.4) is 0 Å². The summed E-state index contributed by atoms with van der Waals surface area (Å²) in [5, 5.41) is 2.80. The van der Waals surface area contributed by atoms with Crippen molar-refractivity contribution in [1.82, 2.24) is 15.1 Å². The summed E-state index contributed by atoms with van der Waals surface area (Å²) in [6.07, 6.45) is 0. The number of amides is 1. The summed E-state index contributed by atoms with van der Waals surface area (Å²) in [5.74, 6) is -0.506. The first-order valence-corrected chi connectivity index (χ1v) is 9.69. The van der Waals surface area contributed by atoms with Gasteiger partial charge in [0.2, 0.25) is 11.9 Å². The Morgan fingerprint density at radius 2 is 1.86 bits per heavy atom. The van der Waals surface area contributed by atoms with Crippen LogP contribution in [0.25, 0.3) is 0 Å². The second-order valence-corrected chi connectivity index (χ2v) is 7.02. The highest BCUT2D eigenvalue weighted by atomic mass is 16.5. The lowest BCUT2D eigenvalue weighted by Crippen LogP contribution is -2.56. The van der Waals surface area contributed by atoms with Crippen molar-refractivity contribution in [3.8, 4) is 11.5 Å². The Bertz CT molecular complexity index is 789. The van der Waals surface area contributed by atoms with E-state index in [-0.39, 0.29) is 6.61 Å². The molecule has 9 nitrogen and oxygen atoms in total. The largest absolute Gasteiger partial charge is 0.493 e. The zero-order valence-corrected chi connectivity index (χ0v) is 17.3. The van der Waals surface area contributed by atoms with Crippen molar-refractivity contribution >= 4 is 17.8 Å². The molecule has 1 fully saturated rings. The van der Waals surface area contributed by atoms with Gasteiger partial charge >= 0.3 is 5.97 Å². The van der Waals surface area contributed by atoms with Crippen LogP contribution in [0.4, 0.5) is 0 Å². The van der Waals surface area contributed by atoms with Gasteiger partial charge in [-0.2, -0.15) is 0 Å². The number of rotatable bonds is 5. The highest BCUT2D eigenvalue weighted by Crippen LogP contribution is 2.36. The molecule has 0 aliphatic carbocycles. The van der Waals surface area contributed by atoms with Crippen LogP contribution in [0.15, 0.2) is 23.2 Å². The lowest BCUT2D eigenvalue weighted by molar-refractivity contribution is -0.153. The van der Waals surface area contributed by atoms with Gasteiger partial charge in [0.25, 0.3) is 0 Å². The van der Waals surface area contributed by atoms with Crippen LogP contribution >= 0.6 is 0 Å². The van der Waals surface area contributed by atoms with Gasteiger partial charge in [0.15, 0.2) is 17.4 Å². The van der Waals surface area contributed by atoms with Crippen molar-refractivity contribution < 1.29 is 23.8 Å². The molecule has 0 spiro atoms. The van der Waals surface area contributed by atoms with Crippen LogP contribution in [0, 0.1) is 5.92 Å². The van der Waals surface area contributed by atoms with E-state index in [1.165, 1.54) is 7.11 Å². The number of nitrogens with zero attached hydrogens (tertiary/aromatic N) is 3. The van der Waals surface area contributed by atoms with E-state index in [1.807, 2.05) is 4.90 Å². The molecule has 1 aromatic rings. The molecule has 0 radical (unpaired) electrons. The summed E-state index contributed by atoms with van der Waals surface area (Å²) < 4.78 is 15.8. The molecule has 1 N–H and O–H groups in total. The van der Waals surface area contributed by atoms with Crippen LogP contribution in [0.5, 0.6) is 11.5 Å². The van der Waals surface area contributed by atoms with E-state index in [4.69, 9.17) is 19.2 Å². The van der Waals surface area contributed by atoms with E-state index in [0.29, 0.717) is 23.0 Å². The van der Waals surface area contributed by atoms with Crippen molar-refractivity contribution in [2.75, 3.05) is 54.1 Å². The number of benzene rings is 1. The van der Waals surface area contributed by atoms with E-state index in [9.17, 15) is 9.59 Å². The normalized spacial score (nSPS) is 22.6. The fourth-order valence-electron chi connectivity index (χ4n) is 3.52. The van der Waals surface area contributed by atoms with Crippen molar-refractivity contribution in [2.24, 2.45) is 10.9 Å². The van der Waals surface area contributed by atoms with Gasteiger partial charge in [0.1, 0.15) is 6.04 Å². The summed E-state index contributed by atoms with van der Waals surface area (Å²) >= 11 is 0. The fourth-order valence-corrected chi connectivity index (χ4v) is 3.52. The predicted molar refractivity (Wildman–Crippen MR) is 107 cm³/mol. The number of esters is 1. The minimum absolute atomic E-state index is 0.191. The molecule has 0 unspecified atom stereocenters. The minimum Gasteiger partial charge on any atom is -0.493 e. The van der Waals surface area contributed by atoms with Crippen molar-refractivity contribution in [3.05, 3.63) is 23.8 Å². The molecule has 1 amide bonds. The second kappa shape index (κ2) is 9.13. The number of guanidine groups is 1. The van der Waals surface area contributed by atoms with E-state index < -0.39 is 23.8 Å². The van der Waals surface area contributed by atoms with E-state index in [1.54, 1.807) is 32.2 Å². The SMILES string of the molecule is CCOC(=O)[C@@H]1C(=O)NC(N2CCN(C)CC2)=N[C@@H]1c1ccc(OC)c(OC)c1. The number of ether oxygens (including phenoxy) is 3. The summed E-state index contributed by atoms with van der Waals surface area (Å²) in [4.78, 5) is 34.5. The maximum Gasteiger partial charge on any atom is 0.321 e. The van der Waals surface area contributed by atoms with Gasteiger partial charge in [-0.05, 0) is 31.7 Å². The molecule has 29 heavy (non-hydrogen) atoms. The Morgan fingerprint density at radius 1 is 1.17 bits per heavy atom. The smallest absolute Gasteiger partial charge is 0.321 e. The number of hydrogen-bond donors (Lipinski definition) is 1. The minimum atomic E-state index is -1.07. The number of carbonyl (C=O) groups excluding carboxylic acids is 2. The van der Waals surface area contributed by atoms with Crippen LogP contribution in [0.1, 0.15) is 18.5 Å². The number of likely N-dealkylation sites (N-methyl/N-ethyl adjacent to an activating group) is 1. The molecule has 2 heterocycles. The first-order valence-electron chi connectivity index (χ1n) is 9.69. The number of aliphatic imine (C=N–C) groups is 1. The summed E-state index contributed by atoms with van der Waals surface area (Å²) in [6, 6.07) is 4.58. The fraction of sp³-hybridized carbons (Fsp3) is 0.550. The molecule has 2 aliphatic rings. The average molecular weight is 404 g/mol. The number of piperazine rings is 1. The van der Waals surface area contributed by atoms with Gasteiger partial charge in [-0.1, -0.05) is 6.07 Å². The lowest BCUT2D eigenvalue weighted by Gasteiger charge is -2.37. The molecule has 9 heteroatoms. The lowest BCUT2D eigenvalue weighted by atomic mass is 9.91. The molecule has 1 aromatic carbocycles. The second-order valence-electron chi connectivity index (χ2n) is 7.02. The molecule has 158 valence electrons. The van der Waals surface area contributed by atoms with Crippen LogP contribution in [-0.4, -0.2) is 81.7 Å². The number of carbonyl (C=O) groups is 2. The molecular weight excluding hydrogens is 376 g/mol. The highest BCUT2D eigenvalue weighted by molar-refractivity contribution is 6.08. The van der Waals surface area contributed by atoms with Crippen LogP contribution < -0.4 is 14.8 Å². The standard InChI is InChI=1S/C20H28N4O5/c1-5-29-19(26)16-17(13-6-7-14(27-3)15(12-13)28-4)21-20(22-18(16)25)24-10-8-23(2)9-11-24/h6-7,12,16-17H,5,8-11H2,1-4H3,(H,21,22,25)/t16-,17+/m0/s1. The molecule has 1 saturated heterocycles. The Labute approximate surface area is 170 Å². The van der Waals surface area contributed by atoms with Gasteiger partial charge < -0.3 is 24.0 Å². The molecule has 0 bridgehead atoms. The number of hydrogen-bond acceptors (Lipinski definition) is 8. The topological polar surface area (TPSA) is 92.7 Å². The maximum absolute atomic E-state index is 12.9. The Hall–Kier alpha value is -2.81. The van der Waals surface area contributed by atoms with E-state index in [2.05, 4.69) is 17.3 Å². The van der Waals surface area contributed by atoms with Crippen LogP contribution in [0.2, 0.25) is 0 Å². The average Bonchev–Trinajstić information content (AvgIpc) is 2.73. The maximum atomic E-state index is 12.9. The zero-order valence-electron chi connectivity index (χ0n) is 17.3. The molecular formula is C20H28N4O5. The summed E-state index contributed by atoms with van der Waals surface area (Å²) in [6.45, 7) is 5.14. The zero-order chi connectivity index (χ0) is 21.0.